The number of amides is 1. The largest absolute Gasteiger partial charge is 0.317 e. The highest BCUT2D eigenvalue weighted by Gasteiger charge is 2.27. The fourth-order valence-corrected chi connectivity index (χ4v) is 3.53. The van der Waals surface area contributed by atoms with Crippen molar-refractivity contribution in [3.8, 4) is 22.6 Å². The molecule has 4 heterocycles. The molecule has 1 aliphatic carbocycles. The van der Waals surface area contributed by atoms with Crippen LogP contribution in [0.15, 0.2) is 59.9 Å². The number of carbonyl (C=O) groups is 1. The fraction of sp³-hybridized carbons (Fsp3) is 0.217. The van der Waals surface area contributed by atoms with E-state index >= 15 is 0 Å². The van der Waals surface area contributed by atoms with Crippen molar-refractivity contribution in [1.82, 2.24) is 29.3 Å². The Morgan fingerprint density at radius 2 is 2.00 bits per heavy atom. The van der Waals surface area contributed by atoms with Gasteiger partial charge in [0.25, 0.3) is 11.5 Å². The molecule has 5 rings (SSSR count). The molecule has 1 amide bonds. The molecule has 1 saturated carbocycles. The normalized spacial score (nSPS) is 13.2. The molecule has 1 N–H and O–H groups in total. The summed E-state index contributed by atoms with van der Waals surface area (Å²) in [6, 6.07) is 11.1. The van der Waals surface area contributed by atoms with Crippen LogP contribution in [-0.2, 0) is 7.05 Å². The number of nitrogens with zero attached hydrogens (tertiary/aromatic N) is 6. The number of hydrogen-bond donors (Lipinski definition) is 1. The van der Waals surface area contributed by atoms with Gasteiger partial charge in [0.1, 0.15) is 23.4 Å². The molecular formula is C23H21N7O2. The lowest BCUT2D eigenvalue weighted by atomic mass is 10.1. The molecule has 0 spiro atoms. The van der Waals surface area contributed by atoms with Gasteiger partial charge in [0, 0.05) is 42.3 Å². The molecule has 4 aromatic rings. The van der Waals surface area contributed by atoms with Crippen molar-refractivity contribution in [2.75, 3.05) is 5.32 Å². The molecule has 0 radical (unpaired) electrons. The van der Waals surface area contributed by atoms with E-state index in [2.05, 4.69) is 25.5 Å². The van der Waals surface area contributed by atoms with Gasteiger partial charge in [-0.15, -0.1) is 10.2 Å². The molecule has 1 fully saturated rings. The highest BCUT2D eigenvalue weighted by Crippen LogP contribution is 2.37. The van der Waals surface area contributed by atoms with Crippen LogP contribution in [0.1, 0.15) is 34.9 Å². The highest BCUT2D eigenvalue weighted by molar-refractivity contribution is 6.04. The zero-order valence-electron chi connectivity index (χ0n) is 17.7. The van der Waals surface area contributed by atoms with Crippen LogP contribution < -0.4 is 10.9 Å². The van der Waals surface area contributed by atoms with Crippen LogP contribution in [0, 0.1) is 6.92 Å². The van der Waals surface area contributed by atoms with Gasteiger partial charge in [-0.3, -0.25) is 14.6 Å². The van der Waals surface area contributed by atoms with E-state index in [0.29, 0.717) is 23.4 Å². The maximum Gasteiger partial charge on any atom is 0.263 e. The second kappa shape index (κ2) is 7.84. The summed E-state index contributed by atoms with van der Waals surface area (Å²) in [5.41, 5.74) is 2.68. The van der Waals surface area contributed by atoms with E-state index in [9.17, 15) is 9.59 Å². The monoisotopic (exact) mass is 427 g/mol. The van der Waals surface area contributed by atoms with Crippen molar-refractivity contribution in [2.45, 2.75) is 25.8 Å². The Hall–Kier alpha value is -4.14. The lowest BCUT2D eigenvalue weighted by molar-refractivity contribution is 0.102. The smallest absolute Gasteiger partial charge is 0.263 e. The van der Waals surface area contributed by atoms with Gasteiger partial charge in [0.05, 0.1) is 0 Å². The first-order valence-electron chi connectivity index (χ1n) is 10.3. The number of anilines is 1. The molecule has 0 bridgehead atoms. The van der Waals surface area contributed by atoms with Gasteiger partial charge >= 0.3 is 0 Å². The summed E-state index contributed by atoms with van der Waals surface area (Å²) in [5, 5.41) is 10.9. The molecule has 0 saturated heterocycles. The van der Waals surface area contributed by atoms with Gasteiger partial charge in [-0.05, 0) is 44.0 Å². The fourth-order valence-electron chi connectivity index (χ4n) is 3.53. The van der Waals surface area contributed by atoms with Crippen LogP contribution in [0.3, 0.4) is 0 Å². The molecule has 0 atom stereocenters. The van der Waals surface area contributed by atoms with Gasteiger partial charge < -0.3 is 14.5 Å². The second-order valence-corrected chi connectivity index (χ2v) is 7.90. The van der Waals surface area contributed by atoms with Crippen LogP contribution in [-0.4, -0.2) is 35.2 Å². The quantitative estimate of drug-likeness (QED) is 0.525. The van der Waals surface area contributed by atoms with Crippen LogP contribution >= 0.6 is 0 Å². The Bertz CT molecular complexity index is 1370. The second-order valence-electron chi connectivity index (χ2n) is 7.90. The molecule has 160 valence electrons. The maximum absolute atomic E-state index is 13.0. The number of aryl methyl sites for hydroxylation is 2. The third-order valence-electron chi connectivity index (χ3n) is 5.41. The number of rotatable bonds is 5. The van der Waals surface area contributed by atoms with Crippen LogP contribution in [0.2, 0.25) is 0 Å². The number of hydrogen-bond acceptors (Lipinski definition) is 6. The summed E-state index contributed by atoms with van der Waals surface area (Å²) in [7, 11) is 1.62. The van der Waals surface area contributed by atoms with Crippen molar-refractivity contribution in [3.05, 3.63) is 76.7 Å². The number of pyridine rings is 3. The number of aromatic nitrogens is 6. The zero-order valence-corrected chi connectivity index (χ0v) is 17.7. The molecule has 1 aliphatic rings. The minimum Gasteiger partial charge on any atom is -0.317 e. The van der Waals surface area contributed by atoms with Gasteiger partial charge in [0.2, 0.25) is 0 Å². The predicted molar refractivity (Wildman–Crippen MR) is 119 cm³/mol. The van der Waals surface area contributed by atoms with Gasteiger partial charge in [-0.2, -0.15) is 0 Å². The highest BCUT2D eigenvalue weighted by atomic mass is 16.2. The lowest BCUT2D eigenvalue weighted by Crippen LogP contribution is -2.27. The van der Waals surface area contributed by atoms with E-state index in [-0.39, 0.29) is 5.56 Å². The van der Waals surface area contributed by atoms with E-state index in [1.165, 1.54) is 4.57 Å². The molecule has 9 heteroatoms. The Kier molecular flexibility index (Phi) is 4.85. The zero-order chi connectivity index (χ0) is 22.2. The molecular weight excluding hydrogens is 406 g/mol. The third-order valence-corrected chi connectivity index (χ3v) is 5.41. The predicted octanol–water partition coefficient (Wildman–Crippen LogP) is 3.00. The average molecular weight is 427 g/mol. The summed E-state index contributed by atoms with van der Waals surface area (Å²) in [5.74, 6) is 0.469. The van der Waals surface area contributed by atoms with Gasteiger partial charge in [0.15, 0.2) is 5.82 Å². The first-order chi connectivity index (χ1) is 15.5. The first-order valence-corrected chi connectivity index (χ1v) is 10.3. The van der Waals surface area contributed by atoms with E-state index in [1.54, 1.807) is 44.0 Å². The van der Waals surface area contributed by atoms with Crippen LogP contribution in [0.4, 0.5) is 5.82 Å². The van der Waals surface area contributed by atoms with Crippen molar-refractivity contribution < 1.29 is 4.79 Å². The van der Waals surface area contributed by atoms with E-state index in [4.69, 9.17) is 0 Å². The van der Waals surface area contributed by atoms with E-state index in [0.717, 1.165) is 29.7 Å². The summed E-state index contributed by atoms with van der Waals surface area (Å²) in [4.78, 5) is 34.5. The molecule has 0 unspecified atom stereocenters. The summed E-state index contributed by atoms with van der Waals surface area (Å²) >= 11 is 0. The first kappa shape index (κ1) is 19.8. The van der Waals surface area contributed by atoms with Crippen molar-refractivity contribution in [3.63, 3.8) is 0 Å². The minimum absolute atomic E-state index is 0.0268. The number of nitrogens with one attached hydrogen (secondary N) is 1. The number of carbonyl (C=O) groups excluding carboxylic acids is 1. The lowest BCUT2D eigenvalue weighted by Gasteiger charge is -2.10. The Balaban J connectivity index is 1.44. The molecule has 9 nitrogen and oxygen atoms in total. The van der Waals surface area contributed by atoms with Crippen molar-refractivity contribution >= 4 is 11.7 Å². The Labute approximate surface area is 183 Å². The Morgan fingerprint density at radius 1 is 1.16 bits per heavy atom. The summed E-state index contributed by atoms with van der Waals surface area (Å²) in [6.45, 7) is 1.90. The average Bonchev–Trinajstić information content (AvgIpc) is 3.52. The van der Waals surface area contributed by atoms with E-state index in [1.807, 2.05) is 29.7 Å². The maximum atomic E-state index is 13.0. The molecule has 0 aromatic carbocycles. The Morgan fingerprint density at radius 3 is 2.75 bits per heavy atom. The van der Waals surface area contributed by atoms with E-state index < -0.39 is 11.5 Å². The SMILES string of the molecule is Cc1ccc(-c2cc(C(=O)Nc3cccc(-c4nncn4C4CC4)n3)c(=O)n(C)c2)cn1. The third kappa shape index (κ3) is 3.80. The molecule has 4 aromatic heterocycles. The van der Waals surface area contributed by atoms with Crippen LogP contribution in [0.5, 0.6) is 0 Å². The molecule has 32 heavy (non-hydrogen) atoms. The summed E-state index contributed by atoms with van der Waals surface area (Å²) < 4.78 is 3.40. The van der Waals surface area contributed by atoms with Gasteiger partial charge in [-0.1, -0.05) is 12.1 Å². The van der Waals surface area contributed by atoms with Crippen molar-refractivity contribution in [2.24, 2.45) is 7.05 Å². The molecule has 0 aliphatic heterocycles. The topological polar surface area (TPSA) is 108 Å². The minimum atomic E-state index is -0.527. The standard InChI is InChI=1S/C23H21N7O2/c1-14-6-7-15(11-24-14)16-10-18(23(32)29(2)12-16)22(31)27-20-5-3-4-19(26-20)21-28-25-13-30(21)17-8-9-17/h3-7,10-13,17H,8-9H2,1-2H3,(H,26,27,31). The van der Waals surface area contributed by atoms with Crippen LogP contribution in [0.25, 0.3) is 22.6 Å². The van der Waals surface area contributed by atoms with Crippen molar-refractivity contribution in [1.29, 1.82) is 0 Å². The van der Waals surface area contributed by atoms with Gasteiger partial charge in [-0.25, -0.2) is 4.98 Å². The summed E-state index contributed by atoms with van der Waals surface area (Å²) in [6.07, 6.45) is 7.30.